The molecule has 0 bridgehead atoms. The Morgan fingerprint density at radius 3 is 2.80 bits per heavy atom. The van der Waals surface area contributed by atoms with Gasteiger partial charge in [0.25, 0.3) is 0 Å². The molecule has 1 rings (SSSR count). The minimum absolute atomic E-state index is 0.489. The van der Waals surface area contributed by atoms with Gasteiger partial charge < -0.3 is 4.74 Å². The molecular weight excluding hydrogens is 212 g/mol. The fraction of sp³-hybridized carbons (Fsp3) is 0.455. The molecule has 82 valence electrons. The summed E-state index contributed by atoms with van der Waals surface area (Å²) in [5.41, 5.74) is 1.64. The van der Waals surface area contributed by atoms with Crippen LogP contribution < -0.4 is 0 Å². The van der Waals surface area contributed by atoms with Gasteiger partial charge in [-0.1, -0.05) is 31.5 Å². The highest BCUT2D eigenvalue weighted by atomic mass is 35.5. The molecule has 0 saturated heterocycles. The molecule has 0 amide bonds. The Bertz CT molecular complexity index is 352. The van der Waals surface area contributed by atoms with Gasteiger partial charge in [-0.05, 0) is 13.3 Å². The quantitative estimate of drug-likeness (QED) is 0.572. The maximum atomic E-state index is 6.00. The molecule has 1 aromatic rings. The lowest BCUT2D eigenvalue weighted by molar-refractivity contribution is 0.297. The second kappa shape index (κ2) is 5.71. The molecule has 0 aliphatic heterocycles. The van der Waals surface area contributed by atoms with Crippen molar-refractivity contribution in [3.8, 4) is 0 Å². The summed E-state index contributed by atoms with van der Waals surface area (Å²) < 4.78 is 5.33. The summed E-state index contributed by atoms with van der Waals surface area (Å²) in [6.07, 6.45) is 3.25. The van der Waals surface area contributed by atoms with Gasteiger partial charge in [0.05, 0.1) is 6.61 Å². The average molecular weight is 227 g/mol. The van der Waals surface area contributed by atoms with Gasteiger partial charge >= 0.3 is 0 Å². The number of nitrogens with zero attached hydrogens (tertiary/aromatic N) is 2. The van der Waals surface area contributed by atoms with Crippen LogP contribution in [0.15, 0.2) is 12.9 Å². The third-order valence-electron chi connectivity index (χ3n) is 1.98. The highest BCUT2D eigenvalue weighted by molar-refractivity contribution is 6.30. The van der Waals surface area contributed by atoms with Crippen LogP contribution in [0.25, 0.3) is 5.76 Å². The predicted molar refractivity (Wildman–Crippen MR) is 61.7 cm³/mol. The molecule has 1 heterocycles. The van der Waals surface area contributed by atoms with Gasteiger partial charge in [-0.25, -0.2) is 9.97 Å². The van der Waals surface area contributed by atoms with E-state index in [2.05, 4.69) is 23.5 Å². The molecule has 3 nitrogen and oxygen atoms in total. The van der Waals surface area contributed by atoms with E-state index >= 15 is 0 Å². The van der Waals surface area contributed by atoms with Crippen molar-refractivity contribution in [2.75, 3.05) is 6.61 Å². The van der Waals surface area contributed by atoms with E-state index in [4.69, 9.17) is 16.3 Å². The van der Waals surface area contributed by atoms with Crippen molar-refractivity contribution in [3.05, 3.63) is 29.3 Å². The Balaban J connectivity index is 3.04. The van der Waals surface area contributed by atoms with Gasteiger partial charge in [0, 0.05) is 5.56 Å². The van der Waals surface area contributed by atoms with Crippen LogP contribution in [0.4, 0.5) is 0 Å². The molecule has 0 atom stereocenters. The fourth-order valence-electron chi connectivity index (χ4n) is 1.35. The second-order valence-electron chi connectivity index (χ2n) is 3.10. The lowest BCUT2D eigenvalue weighted by atomic mass is 10.1. The molecule has 0 N–H and O–H groups in total. The van der Waals surface area contributed by atoms with Crippen molar-refractivity contribution in [1.82, 2.24) is 9.97 Å². The highest BCUT2D eigenvalue weighted by Gasteiger charge is 2.12. The van der Waals surface area contributed by atoms with Crippen molar-refractivity contribution in [3.63, 3.8) is 0 Å². The monoisotopic (exact) mass is 226 g/mol. The summed E-state index contributed by atoms with van der Waals surface area (Å²) in [6.45, 7) is 8.39. The van der Waals surface area contributed by atoms with E-state index in [1.807, 2.05) is 6.92 Å². The normalized spacial score (nSPS) is 10.1. The van der Waals surface area contributed by atoms with Crippen LogP contribution in [0, 0.1) is 0 Å². The smallest absolute Gasteiger partial charge is 0.138 e. The zero-order valence-corrected chi connectivity index (χ0v) is 9.84. The zero-order chi connectivity index (χ0) is 11.3. The van der Waals surface area contributed by atoms with Gasteiger partial charge in [-0.2, -0.15) is 0 Å². The number of rotatable bonds is 5. The minimum Gasteiger partial charge on any atom is -0.492 e. The molecule has 0 fully saturated rings. The van der Waals surface area contributed by atoms with Gasteiger partial charge in [-0.3, -0.25) is 0 Å². The summed E-state index contributed by atoms with van der Waals surface area (Å²) in [7, 11) is 0. The predicted octanol–water partition coefficient (Wildman–Crippen LogP) is 3.09. The third kappa shape index (κ3) is 2.93. The van der Waals surface area contributed by atoms with Crippen LogP contribution in [0.1, 0.15) is 31.5 Å². The molecule has 0 aliphatic rings. The molecule has 0 aromatic carbocycles. The van der Waals surface area contributed by atoms with Crippen molar-refractivity contribution in [2.45, 2.75) is 26.7 Å². The zero-order valence-electron chi connectivity index (χ0n) is 9.09. The molecule has 0 aliphatic carbocycles. The molecule has 0 spiro atoms. The van der Waals surface area contributed by atoms with Gasteiger partial charge in [0.2, 0.25) is 0 Å². The summed E-state index contributed by atoms with van der Waals surface area (Å²) in [4.78, 5) is 8.12. The van der Waals surface area contributed by atoms with Crippen LogP contribution >= 0.6 is 11.6 Å². The molecule has 0 unspecified atom stereocenters. The Hall–Kier alpha value is -1.09. The summed E-state index contributed by atoms with van der Waals surface area (Å²) in [5.74, 6) is 0.560. The fourth-order valence-corrected chi connectivity index (χ4v) is 1.57. The van der Waals surface area contributed by atoms with Crippen LogP contribution in [0.3, 0.4) is 0 Å². The van der Waals surface area contributed by atoms with Crippen LogP contribution in [0.2, 0.25) is 5.15 Å². The van der Waals surface area contributed by atoms with E-state index in [0.717, 1.165) is 24.1 Å². The molecular formula is C11H15ClN2O. The van der Waals surface area contributed by atoms with E-state index in [9.17, 15) is 0 Å². The van der Waals surface area contributed by atoms with Crippen LogP contribution in [-0.2, 0) is 11.2 Å². The number of aromatic nitrogens is 2. The molecule has 4 heteroatoms. The Morgan fingerprint density at radius 2 is 2.20 bits per heavy atom. The first kappa shape index (κ1) is 12.0. The topological polar surface area (TPSA) is 35.0 Å². The van der Waals surface area contributed by atoms with E-state index in [1.54, 1.807) is 0 Å². The standard InChI is InChI=1S/C11H15ClN2O/c1-4-6-9-10(8(3)15-5-2)13-7-14-11(9)12/h7H,3-6H2,1-2H3. The molecule has 1 aromatic heterocycles. The van der Waals surface area contributed by atoms with Crippen molar-refractivity contribution in [1.29, 1.82) is 0 Å². The molecule has 0 saturated carbocycles. The molecule has 15 heavy (non-hydrogen) atoms. The Kier molecular flexibility index (Phi) is 4.56. The second-order valence-corrected chi connectivity index (χ2v) is 3.46. The maximum absolute atomic E-state index is 6.00. The van der Waals surface area contributed by atoms with E-state index < -0.39 is 0 Å². The lowest BCUT2D eigenvalue weighted by Crippen LogP contribution is -2.02. The first-order chi connectivity index (χ1) is 7.20. The van der Waals surface area contributed by atoms with E-state index in [-0.39, 0.29) is 0 Å². The van der Waals surface area contributed by atoms with Gasteiger partial charge in [-0.15, -0.1) is 0 Å². The first-order valence-electron chi connectivity index (χ1n) is 5.02. The maximum Gasteiger partial charge on any atom is 0.138 e. The summed E-state index contributed by atoms with van der Waals surface area (Å²) in [6, 6.07) is 0. The van der Waals surface area contributed by atoms with Crippen LogP contribution in [-0.4, -0.2) is 16.6 Å². The number of hydrogen-bond acceptors (Lipinski definition) is 3. The Morgan fingerprint density at radius 1 is 1.47 bits per heavy atom. The van der Waals surface area contributed by atoms with Gasteiger partial charge in [0.1, 0.15) is 22.9 Å². The minimum atomic E-state index is 0.489. The number of halogens is 1. The summed E-state index contributed by atoms with van der Waals surface area (Å²) in [5, 5.41) is 0.489. The van der Waals surface area contributed by atoms with E-state index in [0.29, 0.717) is 17.5 Å². The SMILES string of the molecule is C=C(OCC)c1ncnc(Cl)c1CCC. The van der Waals surface area contributed by atoms with Crippen LogP contribution in [0.5, 0.6) is 0 Å². The summed E-state index contributed by atoms with van der Waals surface area (Å²) >= 11 is 6.00. The van der Waals surface area contributed by atoms with E-state index in [1.165, 1.54) is 6.33 Å². The Labute approximate surface area is 95.2 Å². The third-order valence-corrected chi connectivity index (χ3v) is 2.30. The van der Waals surface area contributed by atoms with Crippen molar-refractivity contribution < 1.29 is 4.74 Å². The first-order valence-corrected chi connectivity index (χ1v) is 5.39. The average Bonchev–Trinajstić information content (AvgIpc) is 2.21. The van der Waals surface area contributed by atoms with Crippen molar-refractivity contribution in [2.24, 2.45) is 0 Å². The molecule has 0 radical (unpaired) electrons. The number of hydrogen-bond donors (Lipinski definition) is 0. The van der Waals surface area contributed by atoms with Crippen molar-refractivity contribution >= 4 is 17.4 Å². The van der Waals surface area contributed by atoms with Gasteiger partial charge in [0.15, 0.2) is 0 Å². The number of ether oxygens (including phenoxy) is 1. The highest BCUT2D eigenvalue weighted by Crippen LogP contribution is 2.22. The lowest BCUT2D eigenvalue weighted by Gasteiger charge is -2.11. The largest absolute Gasteiger partial charge is 0.492 e.